The van der Waals surface area contributed by atoms with Crippen LogP contribution in [0.5, 0.6) is 0 Å². The van der Waals surface area contributed by atoms with Crippen molar-refractivity contribution in [1.82, 2.24) is 0 Å². The van der Waals surface area contributed by atoms with Crippen LogP contribution in [0.3, 0.4) is 0 Å². The van der Waals surface area contributed by atoms with Gasteiger partial charge in [-0.1, -0.05) is 105 Å². The minimum atomic E-state index is -2.36. The molecule has 0 aliphatic heterocycles. The van der Waals surface area contributed by atoms with E-state index < -0.39 is 24.2 Å². The summed E-state index contributed by atoms with van der Waals surface area (Å²) in [5, 5.41) is 2.75. The van der Waals surface area contributed by atoms with Crippen LogP contribution in [0.15, 0.2) is 72.1 Å². The Bertz CT molecular complexity index is 743. The van der Waals surface area contributed by atoms with Gasteiger partial charge in [-0.2, -0.15) is 0 Å². The lowest BCUT2D eigenvalue weighted by atomic mass is 10.4. The lowest BCUT2D eigenvalue weighted by Gasteiger charge is -2.36. The van der Waals surface area contributed by atoms with Crippen molar-refractivity contribution in [2.75, 3.05) is 0 Å². The molecule has 0 amide bonds. The van der Waals surface area contributed by atoms with E-state index in [9.17, 15) is 0 Å². The molecule has 0 fully saturated rings. The molecule has 0 nitrogen and oxygen atoms in total. The van der Waals surface area contributed by atoms with Crippen LogP contribution in [0.1, 0.15) is 0 Å². The van der Waals surface area contributed by atoms with Crippen LogP contribution in [0, 0.1) is 11.1 Å². The summed E-state index contributed by atoms with van der Waals surface area (Å²) in [5.41, 5.74) is 7.62. The van der Waals surface area contributed by atoms with Crippen LogP contribution in [-0.2, 0) is 0 Å². The van der Waals surface area contributed by atoms with Gasteiger partial charge in [0.15, 0.2) is 0 Å². The molecule has 25 heavy (non-hydrogen) atoms. The van der Waals surface area contributed by atoms with E-state index in [0.29, 0.717) is 0 Å². The second kappa shape index (κ2) is 7.33. The quantitative estimate of drug-likeness (QED) is 0.537. The average Bonchev–Trinajstić information content (AvgIpc) is 2.55. The van der Waals surface area contributed by atoms with Gasteiger partial charge in [-0.3, -0.25) is 0 Å². The third-order valence-corrected chi connectivity index (χ3v) is 14.5. The van der Waals surface area contributed by atoms with Crippen LogP contribution in [-0.4, -0.2) is 24.2 Å². The molecule has 0 heterocycles. The highest BCUT2D eigenvalue weighted by Gasteiger charge is 2.44. The maximum Gasteiger partial charge on any atom is 0.220 e. The van der Waals surface area contributed by atoms with E-state index in [4.69, 9.17) is 0 Å². The smallest absolute Gasteiger partial charge is 0.138 e. The number of hydrogen-bond donors (Lipinski definition) is 0. The van der Waals surface area contributed by atoms with E-state index in [1.165, 1.54) is 15.2 Å². The van der Waals surface area contributed by atoms with Crippen molar-refractivity contribution in [2.24, 2.45) is 0 Å². The normalized spacial score (nSPS) is 12.2. The summed E-state index contributed by atoms with van der Waals surface area (Å²) in [6.45, 7) is 18.9. The fourth-order valence-corrected chi connectivity index (χ4v) is 13.6. The van der Waals surface area contributed by atoms with E-state index >= 15 is 0 Å². The summed E-state index contributed by atoms with van der Waals surface area (Å²) >= 11 is 0. The van der Waals surface area contributed by atoms with Crippen molar-refractivity contribution in [2.45, 2.75) is 39.3 Å². The highest BCUT2D eigenvalue weighted by Crippen LogP contribution is 2.24. The van der Waals surface area contributed by atoms with Crippen molar-refractivity contribution in [3.63, 3.8) is 0 Å². The SMILES string of the molecule is C=C([Si](C)(C)C)[Si](C#C[Si](C)(C)C)(c1ccccc1)c1ccccc1. The fraction of sp³-hybridized carbons (Fsp3) is 0.273. The summed E-state index contributed by atoms with van der Waals surface area (Å²) in [4.78, 5) is 1.42. The topological polar surface area (TPSA) is 0 Å². The molecule has 0 aliphatic carbocycles. The van der Waals surface area contributed by atoms with E-state index in [-0.39, 0.29) is 0 Å². The lowest BCUT2D eigenvalue weighted by molar-refractivity contribution is 1.67. The van der Waals surface area contributed by atoms with Gasteiger partial charge < -0.3 is 0 Å². The second-order valence-corrected chi connectivity index (χ2v) is 22.6. The molecule has 2 rings (SSSR count). The van der Waals surface area contributed by atoms with Crippen molar-refractivity contribution < 1.29 is 0 Å². The van der Waals surface area contributed by atoms with Gasteiger partial charge in [-0.05, 0) is 10.4 Å². The Labute approximate surface area is 157 Å². The Hall–Kier alpha value is -1.61. The summed E-state index contributed by atoms with van der Waals surface area (Å²) in [6, 6.07) is 21.8. The molecule has 3 heteroatoms. The monoisotopic (exact) mass is 378 g/mol. The van der Waals surface area contributed by atoms with Crippen LogP contribution < -0.4 is 10.4 Å². The Morgan fingerprint density at radius 1 is 0.680 bits per heavy atom. The zero-order valence-corrected chi connectivity index (χ0v) is 19.5. The predicted molar refractivity (Wildman–Crippen MR) is 122 cm³/mol. The molecule has 0 spiro atoms. The third-order valence-electron chi connectivity index (χ3n) is 4.40. The lowest BCUT2D eigenvalue weighted by Crippen LogP contribution is -2.63. The summed E-state index contributed by atoms with van der Waals surface area (Å²) in [6.07, 6.45) is 0. The molecule has 130 valence electrons. The molecule has 0 bridgehead atoms. The highest BCUT2D eigenvalue weighted by molar-refractivity contribution is 7.22. The van der Waals surface area contributed by atoms with E-state index in [1.54, 1.807) is 0 Å². The van der Waals surface area contributed by atoms with Crippen molar-refractivity contribution in [3.05, 3.63) is 72.1 Å². The minimum absolute atomic E-state index is 1.37. The molecule has 0 N–H and O–H groups in total. The summed E-state index contributed by atoms with van der Waals surface area (Å²) in [7, 11) is -5.42. The van der Waals surface area contributed by atoms with Gasteiger partial charge >= 0.3 is 0 Å². The molecule has 0 saturated heterocycles. The Balaban J connectivity index is 2.88. The van der Waals surface area contributed by atoms with Gasteiger partial charge in [-0.15, -0.1) is 17.7 Å². The molecule has 0 aromatic heterocycles. The maximum absolute atomic E-state index is 4.69. The van der Waals surface area contributed by atoms with Crippen molar-refractivity contribution >= 4 is 34.6 Å². The van der Waals surface area contributed by atoms with E-state index in [1.807, 2.05) is 0 Å². The standard InChI is InChI=1S/C22H30Si3/c1-20(24(5,6)7)25(19-18-23(2,3)4,21-14-10-8-11-15-21)22-16-12-9-13-17-22/h8-17H,1H2,2-7H3. The Kier molecular flexibility index (Phi) is 5.78. The van der Waals surface area contributed by atoms with Gasteiger partial charge in [0, 0.05) is 0 Å². The first-order chi connectivity index (χ1) is 11.6. The molecule has 0 saturated carbocycles. The van der Waals surface area contributed by atoms with Crippen molar-refractivity contribution in [1.29, 1.82) is 0 Å². The predicted octanol–water partition coefficient (Wildman–Crippen LogP) is 4.64. The Morgan fingerprint density at radius 2 is 1.08 bits per heavy atom. The third kappa shape index (κ3) is 4.52. The van der Waals surface area contributed by atoms with Gasteiger partial charge in [0.25, 0.3) is 0 Å². The van der Waals surface area contributed by atoms with E-state index in [0.717, 1.165) is 0 Å². The molecule has 2 aromatic carbocycles. The fourth-order valence-electron chi connectivity index (χ4n) is 2.95. The number of rotatable bonds is 4. The van der Waals surface area contributed by atoms with Crippen LogP contribution >= 0.6 is 0 Å². The summed E-state index contributed by atoms with van der Waals surface area (Å²) in [5.74, 6) is 0. The molecule has 0 aliphatic rings. The zero-order valence-electron chi connectivity index (χ0n) is 16.5. The number of hydrogen-bond acceptors (Lipinski definition) is 0. The van der Waals surface area contributed by atoms with Crippen LogP contribution in [0.2, 0.25) is 39.3 Å². The van der Waals surface area contributed by atoms with Gasteiger partial charge in [0.2, 0.25) is 8.07 Å². The maximum atomic E-state index is 4.69. The summed E-state index contributed by atoms with van der Waals surface area (Å²) < 4.78 is 0. The first kappa shape index (κ1) is 19.7. The molecule has 0 atom stereocenters. The molecule has 2 aromatic rings. The van der Waals surface area contributed by atoms with Crippen LogP contribution in [0.25, 0.3) is 0 Å². The first-order valence-corrected chi connectivity index (χ1v) is 17.9. The van der Waals surface area contributed by atoms with Crippen molar-refractivity contribution in [3.8, 4) is 11.1 Å². The Morgan fingerprint density at radius 3 is 1.40 bits per heavy atom. The second-order valence-electron chi connectivity index (χ2n) is 8.71. The van der Waals surface area contributed by atoms with Gasteiger partial charge in [-0.25, -0.2) is 0 Å². The zero-order chi connectivity index (χ0) is 18.7. The largest absolute Gasteiger partial charge is 0.220 e. The van der Waals surface area contributed by atoms with Gasteiger partial charge in [0.05, 0.1) is 8.07 Å². The molecule has 0 radical (unpaired) electrons. The van der Waals surface area contributed by atoms with E-state index in [2.05, 4.69) is 118 Å². The number of benzene rings is 2. The minimum Gasteiger partial charge on any atom is -0.138 e. The first-order valence-electron chi connectivity index (χ1n) is 8.92. The molecular formula is C22H30Si3. The molecule has 0 unspecified atom stereocenters. The highest BCUT2D eigenvalue weighted by atomic mass is 28.4. The van der Waals surface area contributed by atoms with Gasteiger partial charge in [0.1, 0.15) is 8.07 Å². The van der Waals surface area contributed by atoms with Crippen LogP contribution in [0.4, 0.5) is 0 Å². The average molecular weight is 379 g/mol. The molecular weight excluding hydrogens is 349 g/mol.